The summed E-state index contributed by atoms with van der Waals surface area (Å²) in [6.45, 7) is 7.54. The number of oxazole rings is 1. The maximum atomic E-state index is 10.5. The molecule has 0 saturated carbocycles. The zero-order valence-electron chi connectivity index (χ0n) is 8.96. The lowest BCUT2D eigenvalue weighted by atomic mass is 9.97. The summed E-state index contributed by atoms with van der Waals surface area (Å²) in [5, 5.41) is 0. The van der Waals surface area contributed by atoms with Gasteiger partial charge in [0.25, 0.3) is 0 Å². The van der Waals surface area contributed by atoms with E-state index in [0.717, 1.165) is 0 Å². The van der Waals surface area contributed by atoms with E-state index in [1.54, 1.807) is 6.20 Å². The van der Waals surface area contributed by atoms with Crippen molar-refractivity contribution in [1.82, 2.24) is 4.98 Å². The number of aromatic nitrogens is 1. The molecule has 0 unspecified atom stereocenters. The van der Waals surface area contributed by atoms with Gasteiger partial charge < -0.3 is 9.15 Å². The molecule has 0 aliphatic carbocycles. The molecule has 0 aliphatic rings. The number of ether oxygens (including phenoxy) is 1. The van der Waals surface area contributed by atoms with Crippen LogP contribution in [0.4, 0.5) is 0 Å². The molecule has 0 atom stereocenters. The van der Waals surface area contributed by atoms with E-state index in [9.17, 15) is 4.79 Å². The van der Waals surface area contributed by atoms with Crippen LogP contribution in [0.25, 0.3) is 0 Å². The third kappa shape index (κ3) is 2.87. The summed E-state index contributed by atoms with van der Waals surface area (Å²) in [5.74, 6) is 0.906. The highest BCUT2D eigenvalue weighted by Gasteiger charge is 2.20. The maximum absolute atomic E-state index is 10.5. The molecule has 0 N–H and O–H groups in total. The van der Waals surface area contributed by atoms with Crippen molar-refractivity contribution in [1.29, 1.82) is 0 Å². The highest BCUT2D eigenvalue weighted by atomic mass is 16.5. The van der Waals surface area contributed by atoms with E-state index in [-0.39, 0.29) is 18.0 Å². The van der Waals surface area contributed by atoms with Gasteiger partial charge in [0.2, 0.25) is 0 Å². The lowest BCUT2D eigenvalue weighted by Crippen LogP contribution is -2.11. The second-order valence-electron chi connectivity index (χ2n) is 4.16. The molecule has 4 heteroatoms. The summed E-state index contributed by atoms with van der Waals surface area (Å²) in [6.07, 6.45) is 1.59. The van der Waals surface area contributed by atoms with E-state index < -0.39 is 0 Å². The van der Waals surface area contributed by atoms with Gasteiger partial charge in [-0.1, -0.05) is 20.8 Å². The van der Waals surface area contributed by atoms with Crippen molar-refractivity contribution in [3.05, 3.63) is 17.8 Å². The molecule has 0 radical (unpaired) electrons. The Balaban J connectivity index is 2.64. The Kier molecular flexibility index (Phi) is 2.93. The smallest absolute Gasteiger partial charge is 0.303 e. The zero-order chi connectivity index (χ0) is 10.8. The van der Waals surface area contributed by atoms with Crippen molar-refractivity contribution < 1.29 is 13.9 Å². The number of esters is 1. The van der Waals surface area contributed by atoms with Gasteiger partial charge in [-0.2, -0.15) is 0 Å². The van der Waals surface area contributed by atoms with Crippen molar-refractivity contribution >= 4 is 5.97 Å². The monoisotopic (exact) mass is 197 g/mol. The van der Waals surface area contributed by atoms with Crippen LogP contribution in [0.1, 0.15) is 39.3 Å². The topological polar surface area (TPSA) is 52.3 Å². The molecule has 0 amide bonds. The predicted octanol–water partition coefficient (Wildman–Crippen LogP) is 2.04. The number of carbonyl (C=O) groups is 1. The Hall–Kier alpha value is -1.32. The molecule has 1 rings (SSSR count). The van der Waals surface area contributed by atoms with Crippen LogP contribution in [0.5, 0.6) is 0 Å². The minimum atomic E-state index is -0.321. The second-order valence-corrected chi connectivity index (χ2v) is 4.16. The molecule has 1 heterocycles. The molecule has 0 bridgehead atoms. The fourth-order valence-electron chi connectivity index (χ4n) is 0.894. The Labute approximate surface area is 83.3 Å². The van der Waals surface area contributed by atoms with Gasteiger partial charge in [-0.15, -0.1) is 0 Å². The number of rotatable bonds is 2. The van der Waals surface area contributed by atoms with E-state index in [1.165, 1.54) is 6.92 Å². The Morgan fingerprint density at radius 1 is 1.57 bits per heavy atom. The number of carbonyl (C=O) groups excluding carboxylic acids is 1. The molecule has 1 aromatic heterocycles. The Morgan fingerprint density at radius 3 is 2.64 bits per heavy atom. The first-order valence-corrected chi connectivity index (χ1v) is 4.48. The zero-order valence-corrected chi connectivity index (χ0v) is 8.96. The number of hydrogen-bond donors (Lipinski definition) is 0. The quantitative estimate of drug-likeness (QED) is 0.681. The fourth-order valence-corrected chi connectivity index (χ4v) is 0.894. The van der Waals surface area contributed by atoms with Gasteiger partial charge in [-0.3, -0.25) is 4.79 Å². The molecule has 14 heavy (non-hydrogen) atoms. The molecule has 78 valence electrons. The molecule has 1 aromatic rings. The van der Waals surface area contributed by atoms with Gasteiger partial charge in [-0.05, 0) is 0 Å². The van der Waals surface area contributed by atoms with Gasteiger partial charge >= 0.3 is 5.97 Å². The lowest BCUT2D eigenvalue weighted by Gasteiger charge is -2.12. The predicted molar refractivity (Wildman–Crippen MR) is 50.7 cm³/mol. The van der Waals surface area contributed by atoms with Gasteiger partial charge in [0.15, 0.2) is 18.3 Å². The molecular weight excluding hydrogens is 182 g/mol. The number of nitrogens with zero attached hydrogens (tertiary/aromatic N) is 1. The normalized spacial score (nSPS) is 11.4. The van der Waals surface area contributed by atoms with Crippen molar-refractivity contribution in [2.75, 3.05) is 0 Å². The highest BCUT2D eigenvalue weighted by molar-refractivity contribution is 5.65. The van der Waals surface area contributed by atoms with Crippen molar-refractivity contribution in [3.8, 4) is 0 Å². The first-order chi connectivity index (χ1) is 6.39. The first-order valence-electron chi connectivity index (χ1n) is 4.48. The standard InChI is InChI=1S/C10H15NO3/c1-7(12)13-6-8-5-11-9(14-8)10(2,3)4/h5H,6H2,1-4H3. The SMILES string of the molecule is CC(=O)OCc1cnc(C(C)(C)C)o1. The Morgan fingerprint density at radius 2 is 2.21 bits per heavy atom. The molecule has 0 fully saturated rings. The van der Waals surface area contributed by atoms with E-state index >= 15 is 0 Å². The van der Waals surface area contributed by atoms with Crippen LogP contribution in [0.3, 0.4) is 0 Å². The lowest BCUT2D eigenvalue weighted by molar-refractivity contribution is -0.142. The van der Waals surface area contributed by atoms with Crippen LogP contribution >= 0.6 is 0 Å². The third-order valence-corrected chi connectivity index (χ3v) is 1.61. The fraction of sp³-hybridized carbons (Fsp3) is 0.600. The molecule has 4 nitrogen and oxygen atoms in total. The van der Waals surface area contributed by atoms with Crippen LogP contribution in [-0.2, 0) is 21.6 Å². The average molecular weight is 197 g/mol. The maximum Gasteiger partial charge on any atom is 0.303 e. The minimum absolute atomic E-state index is 0.117. The summed E-state index contributed by atoms with van der Waals surface area (Å²) in [5.41, 5.74) is -0.117. The largest absolute Gasteiger partial charge is 0.458 e. The summed E-state index contributed by atoms with van der Waals surface area (Å²) >= 11 is 0. The van der Waals surface area contributed by atoms with E-state index in [1.807, 2.05) is 20.8 Å². The highest BCUT2D eigenvalue weighted by Crippen LogP contribution is 2.21. The van der Waals surface area contributed by atoms with Gasteiger partial charge in [0.05, 0.1) is 6.20 Å². The van der Waals surface area contributed by atoms with Crippen molar-refractivity contribution in [2.45, 2.75) is 39.7 Å². The van der Waals surface area contributed by atoms with Crippen LogP contribution in [0.15, 0.2) is 10.6 Å². The van der Waals surface area contributed by atoms with Crippen LogP contribution < -0.4 is 0 Å². The average Bonchev–Trinajstić information content (AvgIpc) is 2.47. The minimum Gasteiger partial charge on any atom is -0.458 e. The third-order valence-electron chi connectivity index (χ3n) is 1.61. The van der Waals surface area contributed by atoms with Crippen molar-refractivity contribution in [2.24, 2.45) is 0 Å². The van der Waals surface area contributed by atoms with Crippen molar-refractivity contribution in [3.63, 3.8) is 0 Å². The molecule has 0 aliphatic heterocycles. The summed E-state index contributed by atoms with van der Waals surface area (Å²) in [7, 11) is 0. The molecule has 0 saturated heterocycles. The van der Waals surface area contributed by atoms with Crippen LogP contribution in [-0.4, -0.2) is 11.0 Å². The van der Waals surface area contributed by atoms with E-state index in [4.69, 9.17) is 9.15 Å². The summed E-state index contributed by atoms with van der Waals surface area (Å²) in [6, 6.07) is 0. The summed E-state index contributed by atoms with van der Waals surface area (Å²) < 4.78 is 10.2. The Bertz CT molecular complexity index is 322. The first kappa shape index (κ1) is 10.8. The van der Waals surface area contributed by atoms with E-state index in [0.29, 0.717) is 11.7 Å². The molecular formula is C10H15NO3. The van der Waals surface area contributed by atoms with Gasteiger partial charge in [0.1, 0.15) is 0 Å². The van der Waals surface area contributed by atoms with Gasteiger partial charge in [0, 0.05) is 12.3 Å². The van der Waals surface area contributed by atoms with Crippen LogP contribution in [0, 0.1) is 0 Å². The molecule has 0 spiro atoms. The number of hydrogen-bond acceptors (Lipinski definition) is 4. The molecule has 0 aromatic carbocycles. The van der Waals surface area contributed by atoms with Crippen LogP contribution in [0.2, 0.25) is 0 Å². The van der Waals surface area contributed by atoms with Gasteiger partial charge in [-0.25, -0.2) is 4.98 Å². The van der Waals surface area contributed by atoms with E-state index in [2.05, 4.69) is 4.98 Å². The summed E-state index contributed by atoms with van der Waals surface area (Å²) in [4.78, 5) is 14.6. The second kappa shape index (κ2) is 3.82.